The quantitative estimate of drug-likeness (QED) is 0.804. The van der Waals surface area contributed by atoms with Gasteiger partial charge in [0, 0.05) is 13.0 Å². The van der Waals surface area contributed by atoms with Crippen molar-refractivity contribution in [3.05, 3.63) is 11.7 Å². The molecule has 1 fully saturated rings. The highest BCUT2D eigenvalue weighted by Gasteiger charge is 2.35. The first kappa shape index (κ1) is 12.1. The lowest BCUT2D eigenvalue weighted by Gasteiger charge is -2.30. The van der Waals surface area contributed by atoms with E-state index in [2.05, 4.69) is 16.1 Å². The summed E-state index contributed by atoms with van der Waals surface area (Å²) in [5.74, 6) is 3.43. The lowest BCUT2D eigenvalue weighted by atomic mass is 9.95. The number of nitrogens with two attached hydrogens (primary N) is 1. The second kappa shape index (κ2) is 4.86. The van der Waals surface area contributed by atoms with Gasteiger partial charge in [0.2, 0.25) is 11.7 Å². The maximum atomic E-state index is 5.81. The zero-order chi connectivity index (χ0) is 12.3. The van der Waals surface area contributed by atoms with Crippen LogP contribution in [0.15, 0.2) is 4.52 Å². The molecule has 0 aromatic carbocycles. The van der Waals surface area contributed by atoms with Crippen LogP contribution in [0, 0.1) is 12.3 Å². The molecule has 0 aliphatic carbocycles. The van der Waals surface area contributed by atoms with Crippen LogP contribution in [0.3, 0.4) is 0 Å². The molecule has 0 saturated carbocycles. The minimum absolute atomic E-state index is 0.383. The topological polar surface area (TPSA) is 74.2 Å². The molecule has 17 heavy (non-hydrogen) atoms. The van der Waals surface area contributed by atoms with Crippen LogP contribution in [-0.2, 0) is 10.3 Å². The Balaban J connectivity index is 2.14. The molecule has 1 aromatic heterocycles. The van der Waals surface area contributed by atoms with Gasteiger partial charge in [0.05, 0.1) is 6.04 Å². The fourth-order valence-electron chi connectivity index (χ4n) is 1.93. The highest BCUT2D eigenvalue weighted by atomic mass is 16.5. The van der Waals surface area contributed by atoms with Crippen LogP contribution >= 0.6 is 0 Å². The molecule has 0 bridgehead atoms. The van der Waals surface area contributed by atoms with Crippen molar-refractivity contribution in [3.63, 3.8) is 0 Å². The minimum Gasteiger partial charge on any atom is -0.367 e. The third-order valence-corrected chi connectivity index (χ3v) is 3.04. The van der Waals surface area contributed by atoms with E-state index in [-0.39, 0.29) is 0 Å². The van der Waals surface area contributed by atoms with Crippen LogP contribution in [0.4, 0.5) is 0 Å². The Hall–Kier alpha value is -1.38. The summed E-state index contributed by atoms with van der Waals surface area (Å²) in [5.41, 5.74) is 5.36. The molecule has 0 radical (unpaired) electrons. The third kappa shape index (κ3) is 2.48. The molecule has 92 valence electrons. The van der Waals surface area contributed by atoms with E-state index in [0.717, 1.165) is 25.9 Å². The predicted molar refractivity (Wildman–Crippen MR) is 61.8 cm³/mol. The number of ether oxygens (including phenoxy) is 1. The second-order valence-corrected chi connectivity index (χ2v) is 4.51. The van der Waals surface area contributed by atoms with Gasteiger partial charge >= 0.3 is 0 Å². The van der Waals surface area contributed by atoms with Crippen molar-refractivity contribution < 1.29 is 9.26 Å². The summed E-state index contributed by atoms with van der Waals surface area (Å²) in [6.07, 6.45) is 8.67. The lowest BCUT2D eigenvalue weighted by Crippen LogP contribution is -2.31. The summed E-state index contributed by atoms with van der Waals surface area (Å²) in [7, 11) is 0. The Morgan fingerprint density at radius 1 is 1.59 bits per heavy atom. The highest BCUT2D eigenvalue weighted by Crippen LogP contribution is 2.33. The Labute approximate surface area is 101 Å². The van der Waals surface area contributed by atoms with E-state index in [1.165, 1.54) is 0 Å². The number of terminal acetylenes is 1. The van der Waals surface area contributed by atoms with E-state index in [9.17, 15) is 0 Å². The van der Waals surface area contributed by atoms with Gasteiger partial charge in [-0.2, -0.15) is 4.98 Å². The van der Waals surface area contributed by atoms with Crippen molar-refractivity contribution in [1.29, 1.82) is 0 Å². The number of rotatable bonds is 3. The maximum absolute atomic E-state index is 5.81. The SMILES string of the molecule is C#CCC(N)c1nc(C2(C)CCCCO2)no1. The van der Waals surface area contributed by atoms with Gasteiger partial charge < -0.3 is 15.0 Å². The fourth-order valence-corrected chi connectivity index (χ4v) is 1.93. The molecule has 0 spiro atoms. The molecule has 5 nitrogen and oxygen atoms in total. The molecule has 5 heteroatoms. The van der Waals surface area contributed by atoms with Crippen LogP contribution in [0.1, 0.15) is 50.4 Å². The molecular formula is C12H17N3O2. The summed E-state index contributed by atoms with van der Waals surface area (Å²) in [4.78, 5) is 4.30. The Morgan fingerprint density at radius 3 is 3.06 bits per heavy atom. The van der Waals surface area contributed by atoms with Gasteiger partial charge in [0.25, 0.3) is 0 Å². The average Bonchev–Trinajstić information content (AvgIpc) is 2.80. The van der Waals surface area contributed by atoms with Gasteiger partial charge in [0.15, 0.2) is 0 Å². The van der Waals surface area contributed by atoms with Gasteiger partial charge in [0.1, 0.15) is 5.60 Å². The first-order valence-corrected chi connectivity index (χ1v) is 5.83. The van der Waals surface area contributed by atoms with Crippen LogP contribution in [-0.4, -0.2) is 16.7 Å². The van der Waals surface area contributed by atoms with Gasteiger partial charge in [-0.3, -0.25) is 0 Å². The van der Waals surface area contributed by atoms with Gasteiger partial charge in [-0.05, 0) is 26.2 Å². The normalized spacial score (nSPS) is 26.4. The first-order valence-electron chi connectivity index (χ1n) is 5.83. The third-order valence-electron chi connectivity index (χ3n) is 3.04. The van der Waals surface area contributed by atoms with Crippen LogP contribution in [0.2, 0.25) is 0 Å². The number of hydrogen-bond acceptors (Lipinski definition) is 5. The van der Waals surface area contributed by atoms with Gasteiger partial charge in [-0.1, -0.05) is 5.16 Å². The van der Waals surface area contributed by atoms with Crippen molar-refractivity contribution in [1.82, 2.24) is 10.1 Å². The largest absolute Gasteiger partial charge is 0.367 e. The van der Waals surface area contributed by atoms with Crippen molar-refractivity contribution in [2.75, 3.05) is 6.61 Å². The summed E-state index contributed by atoms with van der Waals surface area (Å²) < 4.78 is 10.9. The summed E-state index contributed by atoms with van der Waals surface area (Å²) >= 11 is 0. The molecule has 1 aliphatic heterocycles. The van der Waals surface area contributed by atoms with Crippen LogP contribution in [0.25, 0.3) is 0 Å². The maximum Gasteiger partial charge on any atom is 0.244 e. The van der Waals surface area contributed by atoms with E-state index < -0.39 is 11.6 Å². The van der Waals surface area contributed by atoms with E-state index in [4.69, 9.17) is 21.4 Å². The number of nitrogens with zero attached hydrogens (tertiary/aromatic N) is 2. The van der Waals surface area contributed by atoms with Gasteiger partial charge in [-0.15, -0.1) is 12.3 Å². The molecule has 2 atom stereocenters. The van der Waals surface area contributed by atoms with E-state index in [0.29, 0.717) is 18.1 Å². The zero-order valence-corrected chi connectivity index (χ0v) is 9.98. The van der Waals surface area contributed by atoms with Crippen molar-refractivity contribution in [3.8, 4) is 12.3 Å². The Kier molecular flexibility index (Phi) is 3.46. The van der Waals surface area contributed by atoms with Crippen molar-refractivity contribution in [2.45, 2.75) is 44.2 Å². The molecule has 1 aromatic rings. The monoisotopic (exact) mass is 235 g/mol. The molecular weight excluding hydrogens is 218 g/mol. The standard InChI is InChI=1S/C12H17N3O2/c1-3-6-9(13)10-14-11(15-17-10)12(2)7-4-5-8-16-12/h1,9H,4-8,13H2,2H3. The summed E-state index contributed by atoms with van der Waals surface area (Å²) in [5, 5.41) is 3.96. The molecule has 2 unspecified atom stereocenters. The Morgan fingerprint density at radius 2 is 2.41 bits per heavy atom. The zero-order valence-electron chi connectivity index (χ0n) is 9.98. The predicted octanol–water partition coefficient (Wildman–Crippen LogP) is 1.51. The molecule has 2 heterocycles. The number of hydrogen-bond donors (Lipinski definition) is 1. The fraction of sp³-hybridized carbons (Fsp3) is 0.667. The summed E-state index contributed by atoms with van der Waals surface area (Å²) in [6.45, 7) is 2.71. The Bertz CT molecular complexity index is 416. The molecule has 2 rings (SSSR count). The summed E-state index contributed by atoms with van der Waals surface area (Å²) in [6, 6.07) is -0.395. The second-order valence-electron chi connectivity index (χ2n) is 4.51. The molecule has 2 N–H and O–H groups in total. The minimum atomic E-state index is -0.449. The smallest absolute Gasteiger partial charge is 0.244 e. The van der Waals surface area contributed by atoms with Crippen LogP contribution in [0.5, 0.6) is 0 Å². The van der Waals surface area contributed by atoms with E-state index in [1.807, 2.05) is 6.92 Å². The van der Waals surface area contributed by atoms with Crippen LogP contribution < -0.4 is 5.73 Å². The lowest BCUT2D eigenvalue weighted by molar-refractivity contribution is -0.0770. The van der Waals surface area contributed by atoms with E-state index >= 15 is 0 Å². The molecule has 0 amide bonds. The van der Waals surface area contributed by atoms with E-state index in [1.54, 1.807) is 0 Å². The highest BCUT2D eigenvalue weighted by molar-refractivity contribution is 5.04. The average molecular weight is 235 g/mol. The molecule has 1 saturated heterocycles. The van der Waals surface area contributed by atoms with Crippen molar-refractivity contribution >= 4 is 0 Å². The molecule has 1 aliphatic rings. The number of aromatic nitrogens is 2. The van der Waals surface area contributed by atoms with Crippen molar-refractivity contribution in [2.24, 2.45) is 5.73 Å². The van der Waals surface area contributed by atoms with Gasteiger partial charge in [-0.25, -0.2) is 0 Å². The first-order chi connectivity index (χ1) is 8.15.